The third kappa shape index (κ3) is 4.38. The summed E-state index contributed by atoms with van der Waals surface area (Å²) in [6.45, 7) is 0. The lowest BCUT2D eigenvalue weighted by Crippen LogP contribution is -2.00. The molecule has 0 aliphatic carbocycles. The molecule has 0 radical (unpaired) electrons. The fourth-order valence-electron chi connectivity index (χ4n) is 9.54. The first kappa shape index (κ1) is 31.0. The molecule has 0 aliphatic rings. The van der Waals surface area contributed by atoms with Crippen LogP contribution in [0.25, 0.3) is 110 Å². The number of aromatic nitrogens is 2. The van der Waals surface area contributed by atoms with Gasteiger partial charge in [0.1, 0.15) is 0 Å². The Balaban J connectivity index is 1.40. The van der Waals surface area contributed by atoms with E-state index < -0.39 is 0 Å². The van der Waals surface area contributed by atoms with Crippen molar-refractivity contribution in [3.05, 3.63) is 206 Å². The number of benzene rings is 10. The van der Waals surface area contributed by atoms with Crippen LogP contribution < -0.4 is 0 Å². The average Bonchev–Trinajstić information content (AvgIpc) is 3.81. The van der Waals surface area contributed by atoms with Gasteiger partial charge in [0.2, 0.25) is 0 Å². The number of hydrogen-bond donors (Lipinski definition) is 0. The zero-order valence-corrected chi connectivity index (χ0v) is 30.5. The number of rotatable bonds is 4. The highest BCUT2D eigenvalue weighted by atomic mass is 15.0. The Hall–Kier alpha value is -7.42. The van der Waals surface area contributed by atoms with Gasteiger partial charge in [-0.05, 0) is 86.3 Å². The van der Waals surface area contributed by atoms with E-state index in [9.17, 15) is 0 Å². The highest BCUT2D eigenvalue weighted by molar-refractivity contribution is 6.45. The zero-order chi connectivity index (χ0) is 36.7. The SMILES string of the molecule is c1ccc(-c2cc(-c3ccccc3)cc(-n3c4ccccc4c4c5c6ccccc6c6ccccc6c5c5c6ccccc6n(-c6ccccc6)c5c43)c2)cc1. The molecule has 2 nitrogen and oxygen atoms in total. The van der Waals surface area contributed by atoms with Crippen molar-refractivity contribution in [2.45, 2.75) is 0 Å². The van der Waals surface area contributed by atoms with Crippen LogP contribution in [-0.2, 0) is 0 Å². The van der Waals surface area contributed by atoms with Crippen molar-refractivity contribution >= 4 is 75.9 Å². The molecule has 0 saturated heterocycles. The summed E-state index contributed by atoms with van der Waals surface area (Å²) in [5, 5.41) is 12.8. The predicted octanol–water partition coefficient (Wildman–Crippen LogP) is 14.7. The summed E-state index contributed by atoms with van der Waals surface area (Å²) in [6, 6.07) is 75.7. The average molecular weight is 711 g/mol. The summed E-state index contributed by atoms with van der Waals surface area (Å²) < 4.78 is 5.08. The summed E-state index contributed by atoms with van der Waals surface area (Å²) in [7, 11) is 0. The summed E-state index contributed by atoms with van der Waals surface area (Å²) in [5.41, 5.74) is 11.8. The van der Waals surface area contributed by atoms with Gasteiger partial charge in [-0.3, -0.25) is 0 Å². The number of fused-ring (bicyclic) bond motifs is 15. The van der Waals surface area contributed by atoms with E-state index in [0.29, 0.717) is 0 Å². The van der Waals surface area contributed by atoms with Crippen LogP contribution in [0.1, 0.15) is 0 Å². The lowest BCUT2D eigenvalue weighted by molar-refractivity contribution is 1.15. The van der Waals surface area contributed by atoms with Gasteiger partial charge < -0.3 is 9.13 Å². The molecule has 56 heavy (non-hydrogen) atoms. The molecule has 0 spiro atoms. The molecule has 2 heteroatoms. The molecule has 260 valence electrons. The molecule has 0 bridgehead atoms. The maximum Gasteiger partial charge on any atom is 0.0795 e. The molecule has 12 aromatic rings. The van der Waals surface area contributed by atoms with Gasteiger partial charge in [0.05, 0.1) is 22.1 Å². The fourth-order valence-corrected chi connectivity index (χ4v) is 9.54. The maximum atomic E-state index is 2.56. The lowest BCUT2D eigenvalue weighted by Gasteiger charge is -2.18. The van der Waals surface area contributed by atoms with Gasteiger partial charge in [-0.15, -0.1) is 0 Å². The van der Waals surface area contributed by atoms with E-state index >= 15 is 0 Å². The first-order valence-corrected chi connectivity index (χ1v) is 19.4. The molecule has 0 atom stereocenters. The predicted molar refractivity (Wildman–Crippen MR) is 239 cm³/mol. The van der Waals surface area contributed by atoms with Crippen LogP contribution in [0.2, 0.25) is 0 Å². The van der Waals surface area contributed by atoms with Gasteiger partial charge in [-0.25, -0.2) is 0 Å². The van der Waals surface area contributed by atoms with E-state index in [-0.39, 0.29) is 0 Å². The van der Waals surface area contributed by atoms with E-state index in [4.69, 9.17) is 0 Å². The van der Waals surface area contributed by atoms with Crippen molar-refractivity contribution < 1.29 is 0 Å². The molecule has 0 unspecified atom stereocenters. The van der Waals surface area contributed by atoms with Gasteiger partial charge >= 0.3 is 0 Å². The molecule has 10 aromatic carbocycles. The highest BCUT2D eigenvalue weighted by Gasteiger charge is 2.27. The maximum absolute atomic E-state index is 2.56. The summed E-state index contributed by atoms with van der Waals surface area (Å²) >= 11 is 0. The Bertz CT molecular complexity index is 3440. The van der Waals surface area contributed by atoms with Crippen molar-refractivity contribution in [1.82, 2.24) is 9.13 Å². The standard InChI is InChI=1S/C54H34N2/c1-4-18-35(19-5-1)37-32-38(36-20-6-2-7-21-36)34-40(33-37)56-48-31-17-15-29-46(48)52-50-44-27-13-11-25-42(44)41-24-10-12-26-43(41)49(50)51-45-28-14-16-30-47(45)55(53(51)54(52)56)39-22-8-3-9-23-39/h1-34H. The Kier molecular flexibility index (Phi) is 6.66. The Morgan fingerprint density at radius 2 is 0.589 bits per heavy atom. The first-order chi connectivity index (χ1) is 27.8. The van der Waals surface area contributed by atoms with E-state index in [0.717, 1.165) is 11.4 Å². The van der Waals surface area contributed by atoms with Gasteiger partial charge in [-0.2, -0.15) is 0 Å². The van der Waals surface area contributed by atoms with Crippen molar-refractivity contribution in [3.8, 4) is 33.6 Å². The van der Waals surface area contributed by atoms with E-state index in [1.807, 2.05) is 0 Å². The third-order valence-electron chi connectivity index (χ3n) is 11.8. The number of hydrogen-bond acceptors (Lipinski definition) is 0. The normalized spacial score (nSPS) is 11.9. The lowest BCUT2D eigenvalue weighted by atomic mass is 9.89. The van der Waals surface area contributed by atoms with Crippen molar-refractivity contribution in [2.75, 3.05) is 0 Å². The Labute approximate surface area is 323 Å². The second-order valence-corrected chi connectivity index (χ2v) is 14.8. The van der Waals surface area contributed by atoms with Crippen LogP contribution in [-0.4, -0.2) is 9.13 Å². The van der Waals surface area contributed by atoms with Crippen LogP contribution in [0.3, 0.4) is 0 Å². The minimum Gasteiger partial charge on any atom is -0.307 e. The summed E-state index contributed by atoms with van der Waals surface area (Å²) in [5.74, 6) is 0. The van der Waals surface area contributed by atoms with Crippen LogP contribution in [0.5, 0.6) is 0 Å². The monoisotopic (exact) mass is 710 g/mol. The van der Waals surface area contributed by atoms with Crippen molar-refractivity contribution in [1.29, 1.82) is 0 Å². The third-order valence-corrected chi connectivity index (χ3v) is 11.8. The Morgan fingerprint density at radius 3 is 1.05 bits per heavy atom. The Morgan fingerprint density at radius 1 is 0.232 bits per heavy atom. The van der Waals surface area contributed by atoms with E-state index in [2.05, 4.69) is 215 Å². The van der Waals surface area contributed by atoms with E-state index in [1.54, 1.807) is 0 Å². The first-order valence-electron chi connectivity index (χ1n) is 19.4. The molecule has 0 amide bonds. The molecule has 0 fully saturated rings. The number of para-hydroxylation sites is 3. The van der Waals surface area contributed by atoms with Crippen LogP contribution in [0.15, 0.2) is 206 Å². The minimum absolute atomic E-state index is 1.13. The van der Waals surface area contributed by atoms with Crippen LogP contribution in [0.4, 0.5) is 0 Å². The van der Waals surface area contributed by atoms with E-state index in [1.165, 1.54) is 98.2 Å². The van der Waals surface area contributed by atoms with Gasteiger partial charge in [0, 0.05) is 43.7 Å². The summed E-state index contributed by atoms with van der Waals surface area (Å²) in [6.07, 6.45) is 0. The van der Waals surface area contributed by atoms with Gasteiger partial charge in [0.15, 0.2) is 0 Å². The largest absolute Gasteiger partial charge is 0.307 e. The molecule has 12 rings (SSSR count). The quantitative estimate of drug-likeness (QED) is 0.161. The van der Waals surface area contributed by atoms with Crippen LogP contribution in [0, 0.1) is 0 Å². The topological polar surface area (TPSA) is 9.86 Å². The molecule has 0 aliphatic heterocycles. The fraction of sp³-hybridized carbons (Fsp3) is 0. The smallest absolute Gasteiger partial charge is 0.0795 e. The van der Waals surface area contributed by atoms with Crippen LogP contribution >= 0.6 is 0 Å². The van der Waals surface area contributed by atoms with Gasteiger partial charge in [-0.1, -0.05) is 164 Å². The molecular formula is C54H34N2. The zero-order valence-electron chi connectivity index (χ0n) is 30.5. The molecular weight excluding hydrogens is 677 g/mol. The summed E-state index contributed by atoms with van der Waals surface area (Å²) in [4.78, 5) is 0. The second-order valence-electron chi connectivity index (χ2n) is 14.8. The van der Waals surface area contributed by atoms with Gasteiger partial charge in [0.25, 0.3) is 0 Å². The molecule has 0 saturated carbocycles. The van der Waals surface area contributed by atoms with Crippen molar-refractivity contribution in [2.24, 2.45) is 0 Å². The molecule has 0 N–H and O–H groups in total. The second kappa shape index (κ2) is 12.0. The number of nitrogens with zero attached hydrogens (tertiary/aromatic N) is 2. The minimum atomic E-state index is 1.13. The van der Waals surface area contributed by atoms with Crippen molar-refractivity contribution in [3.63, 3.8) is 0 Å². The molecule has 2 aromatic heterocycles. The molecule has 2 heterocycles. The highest BCUT2D eigenvalue weighted by Crippen LogP contribution is 2.51.